The molecule has 0 aromatic carbocycles. The Hall–Kier alpha value is -2.01. The van der Waals surface area contributed by atoms with Gasteiger partial charge in [-0.2, -0.15) is 0 Å². The van der Waals surface area contributed by atoms with Gasteiger partial charge in [-0.05, 0) is 18.2 Å². The van der Waals surface area contributed by atoms with Gasteiger partial charge in [0.25, 0.3) is 0 Å². The highest BCUT2D eigenvalue weighted by molar-refractivity contribution is 6.67. The van der Waals surface area contributed by atoms with Crippen molar-refractivity contribution in [3.05, 3.63) is 37.2 Å². The number of carbonyl (C=O) groups is 1. The van der Waals surface area contributed by atoms with Gasteiger partial charge in [0.2, 0.25) is 5.91 Å². The van der Waals surface area contributed by atoms with E-state index >= 15 is 0 Å². The summed E-state index contributed by atoms with van der Waals surface area (Å²) in [6.45, 7) is 3.38. The lowest BCUT2D eigenvalue weighted by molar-refractivity contribution is -0.124. The molecular formula is C12H13ClN4O. The first kappa shape index (κ1) is 14.1. The minimum Gasteiger partial charge on any atom is -0.328 e. The molecule has 5 nitrogen and oxygen atoms in total. The van der Waals surface area contributed by atoms with E-state index in [1.165, 1.54) is 18.2 Å². The van der Waals surface area contributed by atoms with Crippen LogP contribution in [0.2, 0.25) is 0 Å². The summed E-state index contributed by atoms with van der Waals surface area (Å²) in [6.07, 6.45) is 5.78. The van der Waals surface area contributed by atoms with Crippen molar-refractivity contribution in [2.75, 3.05) is 7.05 Å². The Morgan fingerprint density at radius 2 is 2.44 bits per heavy atom. The number of likely N-dealkylation sites (N-methyl/N-ethyl adjacent to an activating group) is 1. The number of carbonyl (C=O) groups excluding carboxylic acids is 1. The minimum absolute atomic E-state index is 0.194. The highest BCUT2D eigenvalue weighted by atomic mass is 35.5. The van der Waals surface area contributed by atoms with E-state index in [-0.39, 0.29) is 11.1 Å². The number of hydrogen-bond acceptors (Lipinski definition) is 4. The molecule has 0 aliphatic rings. The predicted molar refractivity (Wildman–Crippen MR) is 72.7 cm³/mol. The van der Waals surface area contributed by atoms with Crippen LogP contribution in [0.1, 0.15) is 0 Å². The van der Waals surface area contributed by atoms with Crippen LogP contribution >= 0.6 is 11.6 Å². The highest BCUT2D eigenvalue weighted by Crippen LogP contribution is 2.09. The Kier molecular flexibility index (Phi) is 5.20. The zero-order valence-corrected chi connectivity index (χ0v) is 10.6. The molecule has 0 spiro atoms. The fraction of sp³-hybridized carbons (Fsp3) is 0.167. The van der Waals surface area contributed by atoms with Crippen LogP contribution < -0.4 is 0 Å². The first-order valence-corrected chi connectivity index (χ1v) is 5.51. The largest absolute Gasteiger partial charge is 0.328 e. The van der Waals surface area contributed by atoms with Gasteiger partial charge < -0.3 is 4.90 Å². The molecule has 6 heteroatoms. The van der Waals surface area contributed by atoms with Crippen molar-refractivity contribution in [2.45, 2.75) is 6.04 Å². The monoisotopic (exact) mass is 264 g/mol. The summed E-state index contributed by atoms with van der Waals surface area (Å²) >= 11 is 5.65. The maximum atomic E-state index is 11.4. The van der Waals surface area contributed by atoms with Crippen LogP contribution in [0.15, 0.2) is 42.2 Å². The van der Waals surface area contributed by atoms with E-state index in [1.54, 1.807) is 24.5 Å². The van der Waals surface area contributed by atoms with Crippen molar-refractivity contribution in [3.63, 3.8) is 0 Å². The Morgan fingerprint density at radius 3 is 2.94 bits per heavy atom. The molecule has 1 N–H and O–H groups in total. The Morgan fingerprint density at radius 1 is 1.72 bits per heavy atom. The third-order valence-electron chi connectivity index (χ3n) is 2.21. The molecular weight excluding hydrogens is 252 g/mol. The van der Waals surface area contributed by atoms with Crippen molar-refractivity contribution in [3.8, 4) is 0 Å². The van der Waals surface area contributed by atoms with Crippen LogP contribution in [0.3, 0.4) is 0 Å². The molecule has 0 saturated heterocycles. The Labute approximate surface area is 110 Å². The van der Waals surface area contributed by atoms with E-state index in [9.17, 15) is 4.79 Å². The molecule has 18 heavy (non-hydrogen) atoms. The van der Waals surface area contributed by atoms with E-state index in [4.69, 9.17) is 17.0 Å². The number of hydrogen-bond donors (Lipinski definition) is 1. The summed E-state index contributed by atoms with van der Waals surface area (Å²) in [5, 5.41) is 7.25. The maximum absolute atomic E-state index is 11.4. The van der Waals surface area contributed by atoms with Crippen LogP contribution in [0.4, 0.5) is 5.69 Å². The van der Waals surface area contributed by atoms with Gasteiger partial charge in [0.05, 0.1) is 11.9 Å². The molecule has 0 saturated carbocycles. The quantitative estimate of drug-likeness (QED) is 0.653. The number of rotatable bonds is 5. The molecule has 1 unspecified atom stereocenters. The van der Waals surface area contributed by atoms with Crippen molar-refractivity contribution < 1.29 is 4.79 Å². The van der Waals surface area contributed by atoms with E-state index in [2.05, 4.69) is 16.6 Å². The smallest absolute Gasteiger partial charge is 0.246 e. The average molecular weight is 265 g/mol. The van der Waals surface area contributed by atoms with Gasteiger partial charge in [0, 0.05) is 19.5 Å². The maximum Gasteiger partial charge on any atom is 0.246 e. The number of nitrogens with one attached hydrogen (secondary N) is 1. The third-order valence-corrected chi connectivity index (χ3v) is 2.43. The second-order valence-corrected chi connectivity index (χ2v) is 3.84. The molecule has 1 aromatic heterocycles. The standard InChI is InChI=1S/C12H13ClN4O/c1-3-11(18)17(2)10(12(13)14)8-16-9-5-4-6-15-7-9/h3-8,10,14H,1H2,2H3. The highest BCUT2D eigenvalue weighted by Gasteiger charge is 2.19. The lowest BCUT2D eigenvalue weighted by Gasteiger charge is -2.21. The Bertz CT molecular complexity index is 472. The first-order valence-electron chi connectivity index (χ1n) is 5.13. The van der Waals surface area contributed by atoms with Crippen LogP contribution in [0.25, 0.3) is 0 Å². The molecule has 1 heterocycles. The summed E-state index contributed by atoms with van der Waals surface area (Å²) < 4.78 is 0. The lowest BCUT2D eigenvalue weighted by atomic mass is 10.3. The number of pyridine rings is 1. The van der Waals surface area contributed by atoms with E-state index < -0.39 is 6.04 Å². The molecule has 0 radical (unpaired) electrons. The summed E-state index contributed by atoms with van der Waals surface area (Å²) in [5.74, 6) is -0.331. The zero-order valence-electron chi connectivity index (χ0n) is 9.88. The predicted octanol–water partition coefficient (Wildman–Crippen LogP) is 2.01. The van der Waals surface area contributed by atoms with Gasteiger partial charge in [0.15, 0.2) is 0 Å². The van der Waals surface area contributed by atoms with E-state index in [1.807, 2.05) is 0 Å². The summed E-state index contributed by atoms with van der Waals surface area (Å²) in [7, 11) is 1.53. The molecule has 1 rings (SSSR count). The van der Waals surface area contributed by atoms with Crippen LogP contribution in [-0.4, -0.2) is 40.3 Å². The van der Waals surface area contributed by atoms with Crippen molar-refractivity contribution in [1.82, 2.24) is 9.88 Å². The minimum atomic E-state index is -0.711. The second-order valence-electron chi connectivity index (χ2n) is 3.44. The Balaban J connectivity index is 2.88. The normalized spacial score (nSPS) is 12.1. The number of aliphatic imine (C=N–C) groups is 1. The van der Waals surface area contributed by atoms with Gasteiger partial charge in [0.1, 0.15) is 11.2 Å². The van der Waals surface area contributed by atoms with Crippen molar-refractivity contribution in [1.29, 1.82) is 5.41 Å². The lowest BCUT2D eigenvalue weighted by Crippen LogP contribution is -2.40. The topological polar surface area (TPSA) is 69.4 Å². The molecule has 1 atom stereocenters. The van der Waals surface area contributed by atoms with Gasteiger partial charge in [-0.25, -0.2) is 0 Å². The number of halogens is 1. The summed E-state index contributed by atoms with van der Waals surface area (Å²) in [6, 6.07) is 2.79. The van der Waals surface area contributed by atoms with Crippen molar-refractivity contribution >= 4 is 34.6 Å². The molecule has 1 amide bonds. The van der Waals surface area contributed by atoms with Gasteiger partial charge in [-0.15, -0.1) is 0 Å². The molecule has 0 bridgehead atoms. The molecule has 94 valence electrons. The second kappa shape index (κ2) is 6.66. The van der Waals surface area contributed by atoms with Crippen molar-refractivity contribution in [2.24, 2.45) is 4.99 Å². The molecule has 0 fully saturated rings. The van der Waals surface area contributed by atoms with Gasteiger partial charge in [-0.3, -0.25) is 20.2 Å². The van der Waals surface area contributed by atoms with E-state index in [0.717, 1.165) is 6.08 Å². The average Bonchev–Trinajstić information content (AvgIpc) is 2.38. The molecule has 0 aliphatic heterocycles. The van der Waals surface area contributed by atoms with Gasteiger partial charge >= 0.3 is 0 Å². The number of aromatic nitrogens is 1. The summed E-state index contributed by atoms with van der Waals surface area (Å²) in [4.78, 5) is 20.8. The molecule has 1 aromatic rings. The van der Waals surface area contributed by atoms with Crippen LogP contribution in [0, 0.1) is 5.41 Å². The number of amides is 1. The first-order chi connectivity index (χ1) is 8.56. The number of nitrogens with zero attached hydrogens (tertiary/aromatic N) is 3. The van der Waals surface area contributed by atoms with Crippen LogP contribution in [-0.2, 0) is 4.79 Å². The SMILES string of the molecule is C=CC(=O)N(C)C(C=Nc1cccnc1)C(=N)Cl. The third kappa shape index (κ3) is 3.78. The van der Waals surface area contributed by atoms with Crippen LogP contribution in [0.5, 0.6) is 0 Å². The van der Waals surface area contributed by atoms with E-state index in [0.29, 0.717) is 5.69 Å². The van der Waals surface area contributed by atoms with Gasteiger partial charge in [-0.1, -0.05) is 18.2 Å². The zero-order chi connectivity index (χ0) is 13.5. The molecule has 0 aliphatic carbocycles. The summed E-state index contributed by atoms with van der Waals surface area (Å²) in [5.41, 5.74) is 0.625. The fourth-order valence-corrected chi connectivity index (χ4v) is 1.41. The fourth-order valence-electron chi connectivity index (χ4n) is 1.20.